The quantitative estimate of drug-likeness (QED) is 0.432. The molecule has 0 aliphatic rings. The van der Waals surface area contributed by atoms with E-state index in [1.807, 2.05) is 31.2 Å². The third-order valence-corrected chi connectivity index (χ3v) is 2.48. The summed E-state index contributed by atoms with van der Waals surface area (Å²) in [5.74, 6) is -0.123. The molecule has 0 saturated heterocycles. The highest BCUT2D eigenvalue weighted by molar-refractivity contribution is 5.96. The van der Waals surface area contributed by atoms with Gasteiger partial charge in [-0.15, -0.1) is 0 Å². The van der Waals surface area contributed by atoms with Crippen LogP contribution >= 0.6 is 0 Å². The molecule has 1 aromatic rings. The van der Waals surface area contributed by atoms with Gasteiger partial charge in [-0.3, -0.25) is 9.59 Å². The average Bonchev–Trinajstić information content (AvgIpc) is 2.29. The van der Waals surface area contributed by atoms with Gasteiger partial charge >= 0.3 is 5.97 Å². The van der Waals surface area contributed by atoms with Crippen LogP contribution in [-0.4, -0.2) is 18.4 Å². The zero-order chi connectivity index (χ0) is 12.7. The van der Waals surface area contributed by atoms with Crippen molar-refractivity contribution in [1.29, 1.82) is 0 Å². The highest BCUT2D eigenvalue weighted by atomic mass is 16.5. The summed E-state index contributed by atoms with van der Waals surface area (Å²) in [6.45, 7) is 3.78. The van der Waals surface area contributed by atoms with Gasteiger partial charge in [-0.2, -0.15) is 0 Å². The minimum Gasteiger partial charge on any atom is -0.466 e. The predicted molar refractivity (Wildman–Crippen MR) is 66.0 cm³/mol. The van der Waals surface area contributed by atoms with E-state index < -0.39 is 0 Å². The van der Waals surface area contributed by atoms with Gasteiger partial charge in [-0.05, 0) is 19.8 Å². The molecule has 0 saturated carbocycles. The van der Waals surface area contributed by atoms with Gasteiger partial charge in [0.1, 0.15) is 0 Å². The summed E-state index contributed by atoms with van der Waals surface area (Å²) in [5.41, 5.74) is 1.90. The minimum atomic E-state index is -0.269. The first-order chi connectivity index (χ1) is 8.09. The second-order valence-electron chi connectivity index (χ2n) is 4.09. The molecule has 0 atom stereocenters. The zero-order valence-corrected chi connectivity index (χ0v) is 10.4. The maximum atomic E-state index is 11.7. The number of Topliss-reactive ketones (excluding diaryl/α,β-unsaturated/α-hetero) is 1. The number of carbonyl (C=O) groups excluding carboxylic acids is 2. The van der Waals surface area contributed by atoms with E-state index in [1.54, 1.807) is 0 Å². The lowest BCUT2D eigenvalue weighted by Gasteiger charge is -2.02. The molecule has 1 rings (SSSR count). The number of ether oxygens (including phenoxy) is 1. The van der Waals surface area contributed by atoms with E-state index in [0.717, 1.165) is 24.0 Å². The van der Waals surface area contributed by atoms with Crippen LogP contribution in [0.15, 0.2) is 24.3 Å². The van der Waals surface area contributed by atoms with Crippen LogP contribution in [0.3, 0.4) is 0 Å². The molecule has 0 unspecified atom stereocenters. The van der Waals surface area contributed by atoms with Gasteiger partial charge in [0.15, 0.2) is 5.78 Å². The fraction of sp³-hybridized carbons (Fsp3) is 0.429. The molecular weight excluding hydrogens is 216 g/mol. The third kappa shape index (κ3) is 5.29. The fourth-order valence-electron chi connectivity index (χ4n) is 1.49. The average molecular weight is 234 g/mol. The second kappa shape index (κ2) is 6.84. The zero-order valence-electron chi connectivity index (χ0n) is 10.4. The number of benzene rings is 1. The maximum absolute atomic E-state index is 11.7. The topological polar surface area (TPSA) is 43.4 Å². The molecule has 3 nitrogen and oxygen atoms in total. The molecule has 0 N–H and O–H groups in total. The first-order valence-corrected chi connectivity index (χ1v) is 5.83. The summed E-state index contributed by atoms with van der Waals surface area (Å²) in [5, 5.41) is 0. The standard InChI is InChI=1S/C14H18O3/c1-11-6-8-13(9-7-11)14(16)5-3-4-10-17-12(2)15/h6-9H,3-5,10H2,1-2H3. The van der Waals surface area contributed by atoms with Crippen LogP contribution in [0.1, 0.15) is 42.1 Å². The highest BCUT2D eigenvalue weighted by Crippen LogP contribution is 2.08. The normalized spacial score (nSPS) is 10.0. The van der Waals surface area contributed by atoms with E-state index in [1.165, 1.54) is 6.92 Å². The number of hydrogen-bond donors (Lipinski definition) is 0. The molecule has 92 valence electrons. The smallest absolute Gasteiger partial charge is 0.302 e. The van der Waals surface area contributed by atoms with E-state index in [4.69, 9.17) is 4.74 Å². The van der Waals surface area contributed by atoms with Crippen molar-refractivity contribution in [3.05, 3.63) is 35.4 Å². The Labute approximate surface area is 102 Å². The summed E-state index contributed by atoms with van der Waals surface area (Å²) in [7, 11) is 0. The van der Waals surface area contributed by atoms with Crippen LogP contribution in [-0.2, 0) is 9.53 Å². The summed E-state index contributed by atoms with van der Waals surface area (Å²) >= 11 is 0. The molecule has 0 heterocycles. The highest BCUT2D eigenvalue weighted by Gasteiger charge is 2.04. The Morgan fingerprint density at radius 3 is 2.35 bits per heavy atom. The minimum absolute atomic E-state index is 0.146. The molecule has 0 fully saturated rings. The van der Waals surface area contributed by atoms with E-state index in [9.17, 15) is 9.59 Å². The summed E-state index contributed by atoms with van der Waals surface area (Å²) < 4.78 is 4.79. The van der Waals surface area contributed by atoms with E-state index in [2.05, 4.69) is 0 Å². The Morgan fingerprint density at radius 2 is 1.76 bits per heavy atom. The van der Waals surface area contributed by atoms with Crippen LogP contribution in [0.2, 0.25) is 0 Å². The molecule has 0 amide bonds. The molecule has 0 aromatic heterocycles. The molecule has 1 aromatic carbocycles. The fourth-order valence-corrected chi connectivity index (χ4v) is 1.49. The summed E-state index contributed by atoms with van der Waals surface area (Å²) in [6, 6.07) is 7.58. The molecule has 0 aliphatic carbocycles. The first-order valence-electron chi connectivity index (χ1n) is 5.83. The Balaban J connectivity index is 2.25. The van der Waals surface area contributed by atoms with Crippen molar-refractivity contribution in [2.45, 2.75) is 33.1 Å². The monoisotopic (exact) mass is 234 g/mol. The van der Waals surface area contributed by atoms with Gasteiger partial charge < -0.3 is 4.74 Å². The van der Waals surface area contributed by atoms with Gasteiger partial charge in [0, 0.05) is 18.9 Å². The van der Waals surface area contributed by atoms with Crippen molar-refractivity contribution in [2.75, 3.05) is 6.61 Å². The van der Waals surface area contributed by atoms with Gasteiger partial charge in [0.2, 0.25) is 0 Å². The molecule has 0 spiro atoms. The van der Waals surface area contributed by atoms with Crippen molar-refractivity contribution in [2.24, 2.45) is 0 Å². The number of rotatable bonds is 6. The summed E-state index contributed by atoms with van der Waals surface area (Å²) in [6.07, 6.45) is 1.99. The molecule has 0 aliphatic heterocycles. The van der Waals surface area contributed by atoms with Crippen molar-refractivity contribution >= 4 is 11.8 Å². The summed E-state index contributed by atoms with van der Waals surface area (Å²) in [4.78, 5) is 22.3. The Bertz CT molecular complexity index is 379. The lowest BCUT2D eigenvalue weighted by molar-refractivity contribution is -0.141. The van der Waals surface area contributed by atoms with Gasteiger partial charge in [-0.1, -0.05) is 29.8 Å². The molecular formula is C14H18O3. The van der Waals surface area contributed by atoms with Crippen LogP contribution in [0.5, 0.6) is 0 Å². The number of aryl methyl sites for hydroxylation is 1. The maximum Gasteiger partial charge on any atom is 0.302 e. The van der Waals surface area contributed by atoms with Crippen molar-refractivity contribution in [3.63, 3.8) is 0 Å². The number of hydrogen-bond acceptors (Lipinski definition) is 3. The third-order valence-electron chi connectivity index (χ3n) is 2.48. The molecule has 0 bridgehead atoms. The van der Waals surface area contributed by atoms with Gasteiger partial charge in [0.05, 0.1) is 6.61 Å². The number of ketones is 1. The van der Waals surface area contributed by atoms with E-state index >= 15 is 0 Å². The van der Waals surface area contributed by atoms with Crippen LogP contribution < -0.4 is 0 Å². The van der Waals surface area contributed by atoms with E-state index in [0.29, 0.717) is 13.0 Å². The van der Waals surface area contributed by atoms with Crippen molar-refractivity contribution in [3.8, 4) is 0 Å². The van der Waals surface area contributed by atoms with Gasteiger partial charge in [0.25, 0.3) is 0 Å². The lowest BCUT2D eigenvalue weighted by atomic mass is 10.0. The first kappa shape index (κ1) is 13.4. The lowest BCUT2D eigenvalue weighted by Crippen LogP contribution is -2.03. The van der Waals surface area contributed by atoms with E-state index in [-0.39, 0.29) is 11.8 Å². The van der Waals surface area contributed by atoms with Gasteiger partial charge in [-0.25, -0.2) is 0 Å². The largest absolute Gasteiger partial charge is 0.466 e. The second-order valence-corrected chi connectivity index (χ2v) is 4.09. The number of carbonyl (C=O) groups is 2. The van der Waals surface area contributed by atoms with Crippen LogP contribution in [0.4, 0.5) is 0 Å². The van der Waals surface area contributed by atoms with Crippen LogP contribution in [0.25, 0.3) is 0 Å². The van der Waals surface area contributed by atoms with Crippen LogP contribution in [0, 0.1) is 6.92 Å². The number of esters is 1. The molecule has 17 heavy (non-hydrogen) atoms. The Hall–Kier alpha value is -1.64. The van der Waals surface area contributed by atoms with Crippen molar-refractivity contribution < 1.29 is 14.3 Å². The molecule has 3 heteroatoms. The Morgan fingerprint density at radius 1 is 1.12 bits per heavy atom. The predicted octanol–water partition coefficient (Wildman–Crippen LogP) is 2.91. The Kier molecular flexibility index (Phi) is 5.40. The molecule has 0 radical (unpaired) electrons. The SMILES string of the molecule is CC(=O)OCCCCC(=O)c1ccc(C)cc1. The van der Waals surface area contributed by atoms with Crippen molar-refractivity contribution in [1.82, 2.24) is 0 Å². The number of unbranched alkanes of at least 4 members (excludes halogenated alkanes) is 1.